The maximum Gasteiger partial charge on any atom is 0.326 e. The Morgan fingerprint density at radius 1 is 0.865 bits per heavy atom. The van der Waals surface area contributed by atoms with Crippen molar-refractivity contribution in [1.82, 2.24) is 0 Å². The van der Waals surface area contributed by atoms with E-state index in [-0.39, 0.29) is 51.2 Å². The maximum absolute atomic E-state index is 13.1. The topological polar surface area (TPSA) is 80.3 Å². The Kier molecular flexibility index (Phi) is 20.0. The zero-order valence-electron chi connectivity index (χ0n) is 22.2. The number of hydrogen-bond donors (Lipinski definition) is 0. The molecular formula is C28H37FO7S. The molecule has 3 atom stereocenters. The second-order valence-corrected chi connectivity index (χ2v) is 9.35. The molecule has 0 radical (unpaired) electrons. The van der Waals surface area contributed by atoms with Crippen LogP contribution < -0.4 is 0 Å². The minimum absolute atomic E-state index is 0.0185. The maximum atomic E-state index is 13.1. The van der Waals surface area contributed by atoms with Crippen LogP contribution in [-0.2, 0) is 33.9 Å². The van der Waals surface area contributed by atoms with Crippen molar-refractivity contribution in [2.75, 3.05) is 53.6 Å². The van der Waals surface area contributed by atoms with Crippen LogP contribution in [-0.4, -0.2) is 62.0 Å². The van der Waals surface area contributed by atoms with Gasteiger partial charge in [-0.1, -0.05) is 36.8 Å². The van der Waals surface area contributed by atoms with Crippen LogP contribution in [0.25, 0.3) is 0 Å². The number of hydrogen-bond acceptors (Lipinski definition) is 7. The fourth-order valence-electron chi connectivity index (χ4n) is 3.49. The standard InChI is InChI=1S/C28H37FO7S/c1-7-10-12-14-27(19-34-21-32-5)24(4)16-25(18-36-23-37(29,30)31)17-26(9-3)28(15-13-11-8-2)20-35-22-33-6/h24-26H,1-2,9,16-23H2,3-6H3. The Balaban J connectivity index is 6.10. The lowest BCUT2D eigenvalue weighted by molar-refractivity contribution is -0.0239. The summed E-state index contributed by atoms with van der Waals surface area (Å²) in [5.74, 6) is -1.25. The normalized spacial score (nSPS) is 12.7. The smallest absolute Gasteiger partial charge is 0.326 e. The molecule has 0 aliphatic carbocycles. The summed E-state index contributed by atoms with van der Waals surface area (Å²) in [5, 5.41) is 0. The van der Waals surface area contributed by atoms with Gasteiger partial charge in [-0.05, 0) is 73.1 Å². The predicted octanol–water partition coefficient (Wildman–Crippen LogP) is 4.91. The van der Waals surface area contributed by atoms with Gasteiger partial charge in [0.15, 0.2) is 5.94 Å². The van der Waals surface area contributed by atoms with Gasteiger partial charge in [-0.3, -0.25) is 0 Å². The van der Waals surface area contributed by atoms with E-state index in [1.807, 2.05) is 13.8 Å². The molecule has 0 rings (SSSR count). The van der Waals surface area contributed by atoms with E-state index in [1.165, 1.54) is 14.2 Å². The molecule has 7 nitrogen and oxygen atoms in total. The number of rotatable bonds is 19. The highest BCUT2D eigenvalue weighted by atomic mass is 32.3. The first-order valence-electron chi connectivity index (χ1n) is 11.6. The molecule has 204 valence electrons. The Morgan fingerprint density at radius 3 is 1.89 bits per heavy atom. The number of methoxy groups -OCH3 is 2. The molecule has 0 aromatic rings. The highest BCUT2D eigenvalue weighted by Crippen LogP contribution is 2.30. The van der Waals surface area contributed by atoms with Crippen molar-refractivity contribution in [3.8, 4) is 0 Å². The summed E-state index contributed by atoms with van der Waals surface area (Å²) in [6.07, 6.45) is 1.89. The Labute approximate surface area is 220 Å². The molecule has 3 unspecified atom stereocenters. The van der Waals surface area contributed by atoms with Gasteiger partial charge >= 0.3 is 10.2 Å². The highest BCUT2D eigenvalue weighted by molar-refractivity contribution is 7.86. The summed E-state index contributed by atoms with van der Waals surface area (Å²) >= 11 is 0. The zero-order valence-corrected chi connectivity index (χ0v) is 23.0. The van der Waals surface area contributed by atoms with Gasteiger partial charge in [0.05, 0.1) is 19.8 Å². The predicted molar refractivity (Wildman–Crippen MR) is 139 cm³/mol. The zero-order chi connectivity index (χ0) is 27.9. The first-order chi connectivity index (χ1) is 17.7. The van der Waals surface area contributed by atoms with E-state index in [9.17, 15) is 12.3 Å². The minimum atomic E-state index is -4.76. The van der Waals surface area contributed by atoms with Crippen LogP contribution in [0, 0.1) is 17.8 Å². The van der Waals surface area contributed by atoms with Gasteiger partial charge in [0, 0.05) is 25.4 Å². The van der Waals surface area contributed by atoms with Crippen LogP contribution in [0.1, 0.15) is 33.1 Å². The second-order valence-electron chi connectivity index (χ2n) is 8.04. The average Bonchev–Trinajstić information content (AvgIpc) is 2.85. The summed E-state index contributed by atoms with van der Waals surface area (Å²) in [6, 6.07) is 0. The molecular weight excluding hydrogens is 499 g/mol. The molecule has 0 saturated carbocycles. The van der Waals surface area contributed by atoms with E-state index in [0.717, 1.165) is 17.6 Å². The van der Waals surface area contributed by atoms with Gasteiger partial charge in [-0.2, -0.15) is 8.42 Å². The van der Waals surface area contributed by atoms with Gasteiger partial charge in [0.1, 0.15) is 13.6 Å². The fraction of sp³-hybridized carbons (Fsp3) is 0.571. The van der Waals surface area contributed by atoms with Crippen LogP contribution in [0.5, 0.6) is 0 Å². The molecule has 0 N–H and O–H groups in total. The third-order valence-corrected chi connectivity index (χ3v) is 5.58. The van der Waals surface area contributed by atoms with E-state index in [1.54, 1.807) is 0 Å². The Morgan fingerprint density at radius 2 is 1.41 bits per heavy atom. The largest absolute Gasteiger partial charge is 0.362 e. The van der Waals surface area contributed by atoms with E-state index in [4.69, 9.17) is 23.7 Å². The van der Waals surface area contributed by atoms with Crippen molar-refractivity contribution >= 4 is 10.2 Å². The van der Waals surface area contributed by atoms with Gasteiger partial charge in [-0.25, -0.2) is 0 Å². The van der Waals surface area contributed by atoms with Crippen LogP contribution in [0.15, 0.2) is 70.2 Å². The van der Waals surface area contributed by atoms with Gasteiger partial charge < -0.3 is 23.7 Å². The summed E-state index contributed by atoms with van der Waals surface area (Å²) < 4.78 is 61.3. The van der Waals surface area contributed by atoms with Crippen LogP contribution in [0.3, 0.4) is 0 Å². The van der Waals surface area contributed by atoms with Gasteiger partial charge in [0.2, 0.25) is 0 Å². The summed E-state index contributed by atoms with van der Waals surface area (Å²) in [4.78, 5) is 0. The van der Waals surface area contributed by atoms with Crippen molar-refractivity contribution in [3.05, 3.63) is 70.2 Å². The summed E-state index contributed by atoms with van der Waals surface area (Å²) in [5.41, 5.74) is 23.4. The Bertz CT molecular complexity index is 1110. The first-order valence-corrected chi connectivity index (χ1v) is 13.2. The fourth-order valence-corrected chi connectivity index (χ4v) is 3.78. The molecule has 0 aromatic heterocycles. The molecule has 0 spiro atoms. The first kappa shape index (κ1) is 34.4. The Hall–Kier alpha value is -2.60. The van der Waals surface area contributed by atoms with Crippen molar-refractivity contribution in [2.24, 2.45) is 17.8 Å². The van der Waals surface area contributed by atoms with Crippen LogP contribution in [0.4, 0.5) is 3.89 Å². The van der Waals surface area contributed by atoms with E-state index in [0.29, 0.717) is 12.8 Å². The molecule has 0 amide bonds. The molecule has 0 bridgehead atoms. The summed E-state index contributed by atoms with van der Waals surface area (Å²) in [6.45, 7) is 11.6. The number of halogens is 1. The molecule has 0 heterocycles. The van der Waals surface area contributed by atoms with E-state index in [2.05, 4.69) is 59.0 Å². The lowest BCUT2D eigenvalue weighted by atomic mass is 9.82. The van der Waals surface area contributed by atoms with Crippen molar-refractivity contribution < 1.29 is 36.0 Å². The van der Waals surface area contributed by atoms with Crippen molar-refractivity contribution in [1.29, 1.82) is 0 Å². The average molecular weight is 537 g/mol. The summed E-state index contributed by atoms with van der Waals surface area (Å²) in [7, 11) is -1.71. The van der Waals surface area contributed by atoms with E-state index < -0.39 is 16.2 Å². The molecule has 37 heavy (non-hydrogen) atoms. The third-order valence-electron chi connectivity index (χ3n) is 5.13. The molecule has 0 saturated heterocycles. The van der Waals surface area contributed by atoms with Crippen molar-refractivity contribution in [3.63, 3.8) is 0 Å². The quantitative estimate of drug-likeness (QED) is 0.100. The highest BCUT2D eigenvalue weighted by Gasteiger charge is 2.24. The lowest BCUT2D eigenvalue weighted by Crippen LogP contribution is -2.22. The molecule has 0 aliphatic heterocycles. The molecule has 9 heteroatoms. The van der Waals surface area contributed by atoms with Crippen LogP contribution in [0.2, 0.25) is 0 Å². The monoisotopic (exact) mass is 536 g/mol. The SMILES string of the molecule is C=C=C=C=C=C(COCOC)C(C)CC(COCS(=O)(=O)F)CC(CC)C(=C=C=C=C=C)COCOC. The molecule has 0 aromatic carbocycles. The third kappa shape index (κ3) is 18.3. The van der Waals surface area contributed by atoms with E-state index >= 15 is 0 Å². The second kappa shape index (κ2) is 21.5. The van der Waals surface area contributed by atoms with Gasteiger partial charge in [0.25, 0.3) is 0 Å². The van der Waals surface area contributed by atoms with Gasteiger partial charge in [-0.15, -0.1) is 3.89 Å². The lowest BCUT2D eigenvalue weighted by Gasteiger charge is -2.26. The molecule has 0 fully saturated rings. The minimum Gasteiger partial charge on any atom is -0.362 e. The number of ether oxygens (including phenoxy) is 5. The molecule has 0 aliphatic rings. The van der Waals surface area contributed by atoms with Crippen LogP contribution >= 0.6 is 0 Å². The van der Waals surface area contributed by atoms with Crippen molar-refractivity contribution in [2.45, 2.75) is 33.1 Å².